The van der Waals surface area contributed by atoms with E-state index in [9.17, 15) is 0 Å². The van der Waals surface area contributed by atoms with E-state index in [2.05, 4.69) is 27.3 Å². The summed E-state index contributed by atoms with van der Waals surface area (Å²) in [6.45, 7) is 1.11. The highest BCUT2D eigenvalue weighted by Crippen LogP contribution is 2.32. The lowest BCUT2D eigenvalue weighted by molar-refractivity contribution is 0.373. The standard InChI is InChI=1S/C12H16BrNO/c1-15-12-6-5-9(13)8-10(12)11-4-2-3-7-14-11/h5-6,8,11,14H,2-4,7H2,1H3. The van der Waals surface area contributed by atoms with E-state index in [1.807, 2.05) is 12.1 Å². The van der Waals surface area contributed by atoms with Gasteiger partial charge in [0.15, 0.2) is 0 Å². The highest BCUT2D eigenvalue weighted by Gasteiger charge is 2.18. The summed E-state index contributed by atoms with van der Waals surface area (Å²) >= 11 is 3.51. The number of methoxy groups -OCH3 is 1. The molecule has 1 saturated heterocycles. The van der Waals surface area contributed by atoms with Crippen LogP contribution in [0.3, 0.4) is 0 Å². The Morgan fingerprint density at radius 1 is 1.40 bits per heavy atom. The SMILES string of the molecule is COc1ccc(Br)cc1C1CCCCN1. The molecule has 1 aliphatic heterocycles. The Balaban J connectivity index is 2.27. The summed E-state index contributed by atoms with van der Waals surface area (Å²) in [5, 5.41) is 3.54. The molecule has 0 spiro atoms. The van der Waals surface area contributed by atoms with Crippen molar-refractivity contribution in [3.63, 3.8) is 0 Å². The summed E-state index contributed by atoms with van der Waals surface area (Å²) in [5.41, 5.74) is 1.27. The van der Waals surface area contributed by atoms with Gasteiger partial charge in [0.25, 0.3) is 0 Å². The van der Waals surface area contributed by atoms with Crippen LogP contribution in [0.2, 0.25) is 0 Å². The molecule has 0 aromatic heterocycles. The van der Waals surface area contributed by atoms with Gasteiger partial charge in [-0.1, -0.05) is 22.4 Å². The minimum Gasteiger partial charge on any atom is -0.496 e. The van der Waals surface area contributed by atoms with Crippen molar-refractivity contribution in [3.05, 3.63) is 28.2 Å². The number of hydrogen-bond donors (Lipinski definition) is 1. The van der Waals surface area contributed by atoms with E-state index in [0.29, 0.717) is 6.04 Å². The molecule has 1 N–H and O–H groups in total. The van der Waals surface area contributed by atoms with Crippen molar-refractivity contribution < 1.29 is 4.74 Å². The molecule has 1 aromatic rings. The second kappa shape index (κ2) is 4.99. The molecule has 1 heterocycles. The number of rotatable bonds is 2. The lowest BCUT2D eigenvalue weighted by Gasteiger charge is -2.25. The molecule has 3 heteroatoms. The Kier molecular flexibility index (Phi) is 3.65. The van der Waals surface area contributed by atoms with Crippen molar-refractivity contribution in [2.75, 3.05) is 13.7 Å². The number of nitrogens with one attached hydrogen (secondary N) is 1. The van der Waals surface area contributed by atoms with Crippen LogP contribution < -0.4 is 10.1 Å². The van der Waals surface area contributed by atoms with Crippen molar-refractivity contribution in [2.45, 2.75) is 25.3 Å². The minimum absolute atomic E-state index is 0.450. The molecule has 0 aliphatic carbocycles. The van der Waals surface area contributed by atoms with Gasteiger partial charge in [-0.3, -0.25) is 0 Å². The first-order valence-corrected chi connectivity index (χ1v) is 6.17. The average Bonchev–Trinajstić information content (AvgIpc) is 2.30. The summed E-state index contributed by atoms with van der Waals surface area (Å²) in [6.07, 6.45) is 3.78. The van der Waals surface area contributed by atoms with Gasteiger partial charge in [-0.25, -0.2) is 0 Å². The molecule has 0 bridgehead atoms. The highest BCUT2D eigenvalue weighted by atomic mass is 79.9. The molecule has 2 nitrogen and oxygen atoms in total. The topological polar surface area (TPSA) is 21.3 Å². The van der Waals surface area contributed by atoms with Crippen molar-refractivity contribution in [1.82, 2.24) is 5.32 Å². The second-order valence-corrected chi connectivity index (χ2v) is 4.80. The van der Waals surface area contributed by atoms with Gasteiger partial charge < -0.3 is 10.1 Å². The van der Waals surface area contributed by atoms with Crippen LogP contribution in [0.5, 0.6) is 5.75 Å². The van der Waals surface area contributed by atoms with Gasteiger partial charge in [-0.05, 0) is 37.6 Å². The van der Waals surface area contributed by atoms with Crippen LogP contribution in [0.4, 0.5) is 0 Å². The van der Waals surface area contributed by atoms with Crippen LogP contribution in [-0.2, 0) is 0 Å². The van der Waals surface area contributed by atoms with E-state index in [-0.39, 0.29) is 0 Å². The van der Waals surface area contributed by atoms with Crippen LogP contribution in [0.1, 0.15) is 30.9 Å². The molecule has 82 valence electrons. The smallest absolute Gasteiger partial charge is 0.123 e. The molecule has 0 saturated carbocycles. The molecule has 1 unspecified atom stereocenters. The third-order valence-electron chi connectivity index (χ3n) is 2.88. The Hall–Kier alpha value is -0.540. The van der Waals surface area contributed by atoms with Gasteiger partial charge in [0, 0.05) is 16.1 Å². The van der Waals surface area contributed by atoms with E-state index in [0.717, 1.165) is 16.8 Å². The van der Waals surface area contributed by atoms with Gasteiger partial charge in [0.05, 0.1) is 7.11 Å². The molecule has 15 heavy (non-hydrogen) atoms. The summed E-state index contributed by atoms with van der Waals surface area (Å²) in [5.74, 6) is 0.984. The van der Waals surface area contributed by atoms with E-state index >= 15 is 0 Å². The Bertz CT molecular complexity index is 334. The second-order valence-electron chi connectivity index (χ2n) is 3.89. The van der Waals surface area contributed by atoms with Gasteiger partial charge in [0.2, 0.25) is 0 Å². The first kappa shape index (κ1) is 11.0. The lowest BCUT2D eigenvalue weighted by Crippen LogP contribution is -2.27. The lowest BCUT2D eigenvalue weighted by atomic mass is 9.97. The van der Waals surface area contributed by atoms with Crippen LogP contribution in [0.25, 0.3) is 0 Å². The Labute approximate surface area is 99.1 Å². The monoisotopic (exact) mass is 269 g/mol. The normalized spacial score (nSPS) is 21.3. The van der Waals surface area contributed by atoms with Gasteiger partial charge in [0.1, 0.15) is 5.75 Å². The van der Waals surface area contributed by atoms with E-state index in [4.69, 9.17) is 4.74 Å². The Morgan fingerprint density at radius 2 is 2.27 bits per heavy atom. The molecule has 1 fully saturated rings. The molecular weight excluding hydrogens is 254 g/mol. The largest absolute Gasteiger partial charge is 0.496 e. The number of ether oxygens (including phenoxy) is 1. The maximum absolute atomic E-state index is 5.39. The molecular formula is C12H16BrNO. The van der Waals surface area contributed by atoms with E-state index in [1.54, 1.807) is 7.11 Å². The number of piperidine rings is 1. The average molecular weight is 270 g/mol. The molecule has 0 amide bonds. The summed E-state index contributed by atoms with van der Waals surface area (Å²) in [7, 11) is 1.73. The van der Waals surface area contributed by atoms with Crippen LogP contribution in [0, 0.1) is 0 Å². The van der Waals surface area contributed by atoms with Crippen LogP contribution >= 0.6 is 15.9 Å². The molecule has 1 aromatic carbocycles. The maximum Gasteiger partial charge on any atom is 0.123 e. The molecule has 2 rings (SSSR count). The zero-order valence-corrected chi connectivity index (χ0v) is 10.5. The zero-order valence-electron chi connectivity index (χ0n) is 8.92. The van der Waals surface area contributed by atoms with Gasteiger partial charge in [-0.15, -0.1) is 0 Å². The van der Waals surface area contributed by atoms with Crippen molar-refractivity contribution >= 4 is 15.9 Å². The third-order valence-corrected chi connectivity index (χ3v) is 3.37. The first-order chi connectivity index (χ1) is 7.31. The van der Waals surface area contributed by atoms with Crippen molar-refractivity contribution in [1.29, 1.82) is 0 Å². The molecule has 1 aliphatic rings. The quantitative estimate of drug-likeness (QED) is 0.890. The zero-order chi connectivity index (χ0) is 10.7. The van der Waals surface area contributed by atoms with Crippen molar-refractivity contribution in [2.24, 2.45) is 0 Å². The summed E-state index contributed by atoms with van der Waals surface area (Å²) in [4.78, 5) is 0. The minimum atomic E-state index is 0.450. The van der Waals surface area contributed by atoms with E-state index in [1.165, 1.54) is 24.8 Å². The third kappa shape index (κ3) is 2.52. The fourth-order valence-corrected chi connectivity index (χ4v) is 2.47. The summed E-state index contributed by atoms with van der Waals surface area (Å²) < 4.78 is 6.51. The Morgan fingerprint density at radius 3 is 2.93 bits per heavy atom. The van der Waals surface area contributed by atoms with Gasteiger partial charge in [-0.2, -0.15) is 0 Å². The van der Waals surface area contributed by atoms with Crippen LogP contribution in [-0.4, -0.2) is 13.7 Å². The fraction of sp³-hybridized carbons (Fsp3) is 0.500. The predicted molar refractivity (Wildman–Crippen MR) is 65.3 cm³/mol. The van der Waals surface area contributed by atoms with Gasteiger partial charge >= 0.3 is 0 Å². The van der Waals surface area contributed by atoms with Crippen LogP contribution in [0.15, 0.2) is 22.7 Å². The highest BCUT2D eigenvalue weighted by molar-refractivity contribution is 9.10. The first-order valence-electron chi connectivity index (χ1n) is 5.38. The maximum atomic E-state index is 5.39. The number of halogens is 1. The number of hydrogen-bond acceptors (Lipinski definition) is 2. The summed E-state index contributed by atoms with van der Waals surface area (Å²) in [6, 6.07) is 6.65. The van der Waals surface area contributed by atoms with E-state index < -0.39 is 0 Å². The fourth-order valence-electron chi connectivity index (χ4n) is 2.09. The number of benzene rings is 1. The van der Waals surface area contributed by atoms with Crippen molar-refractivity contribution in [3.8, 4) is 5.75 Å². The predicted octanol–water partition coefficient (Wildman–Crippen LogP) is 3.27. The molecule has 1 atom stereocenters. The molecule has 0 radical (unpaired) electrons.